The van der Waals surface area contributed by atoms with Gasteiger partial charge in [-0.05, 0) is 23.6 Å². The lowest BCUT2D eigenvalue weighted by molar-refractivity contribution is 0.304. The summed E-state index contributed by atoms with van der Waals surface area (Å²) >= 11 is 3.59. The molecule has 0 amide bonds. The van der Waals surface area contributed by atoms with E-state index in [4.69, 9.17) is 10.5 Å². The number of rotatable bonds is 2. The summed E-state index contributed by atoms with van der Waals surface area (Å²) in [7, 11) is 0. The van der Waals surface area contributed by atoms with Crippen LogP contribution < -0.4 is 10.5 Å². The van der Waals surface area contributed by atoms with Gasteiger partial charge in [0.25, 0.3) is 0 Å². The highest BCUT2D eigenvalue weighted by Crippen LogP contribution is 2.34. The van der Waals surface area contributed by atoms with E-state index in [-0.39, 0.29) is 12.4 Å². The first-order chi connectivity index (χ1) is 8.63. The molecule has 0 spiro atoms. The Morgan fingerprint density at radius 1 is 1.42 bits per heavy atom. The number of nitrogens with two attached hydrogens (primary N) is 1. The Bertz CT molecular complexity index is 459. The third-order valence-electron chi connectivity index (χ3n) is 3.97. The Kier molecular flexibility index (Phi) is 4.77. The van der Waals surface area contributed by atoms with Crippen LogP contribution in [0.4, 0.5) is 0 Å². The minimum absolute atomic E-state index is 0. The van der Waals surface area contributed by atoms with Crippen LogP contribution in [0.25, 0.3) is 0 Å². The van der Waals surface area contributed by atoms with Gasteiger partial charge in [0, 0.05) is 42.1 Å². The molecule has 0 aliphatic carbocycles. The first-order valence-corrected chi connectivity index (χ1v) is 7.35. The quantitative estimate of drug-likeness (QED) is 0.893. The molecule has 2 N–H and O–H groups in total. The fourth-order valence-corrected chi connectivity index (χ4v) is 3.48. The SMILES string of the molecule is CC1CN(Cc2cc(Br)cc3c2OCC3)CC1N.Cl. The number of likely N-dealkylation sites (tertiary alicyclic amines) is 1. The Morgan fingerprint density at radius 2 is 2.21 bits per heavy atom. The van der Waals surface area contributed by atoms with E-state index in [0.29, 0.717) is 12.0 Å². The van der Waals surface area contributed by atoms with E-state index in [0.717, 1.165) is 42.9 Å². The second kappa shape index (κ2) is 6.00. The normalized spacial score (nSPS) is 25.8. The van der Waals surface area contributed by atoms with E-state index in [1.807, 2.05) is 0 Å². The zero-order valence-electron chi connectivity index (χ0n) is 11.1. The third kappa shape index (κ3) is 3.07. The number of halogens is 2. The lowest BCUT2D eigenvalue weighted by Gasteiger charge is -2.17. The van der Waals surface area contributed by atoms with Gasteiger partial charge in [0.1, 0.15) is 5.75 Å². The minimum atomic E-state index is 0. The van der Waals surface area contributed by atoms with Crippen LogP contribution >= 0.6 is 28.3 Å². The molecule has 3 rings (SSSR count). The molecular formula is C14H20BrClN2O. The molecule has 0 aromatic heterocycles. The van der Waals surface area contributed by atoms with Crippen LogP contribution in [0.5, 0.6) is 5.75 Å². The number of fused-ring (bicyclic) bond motifs is 1. The van der Waals surface area contributed by atoms with Crippen molar-refractivity contribution in [3.8, 4) is 5.75 Å². The molecule has 2 unspecified atom stereocenters. The molecule has 5 heteroatoms. The van der Waals surface area contributed by atoms with Gasteiger partial charge in [-0.25, -0.2) is 0 Å². The van der Waals surface area contributed by atoms with Gasteiger partial charge in [0.05, 0.1) is 6.61 Å². The number of benzene rings is 1. The zero-order valence-corrected chi connectivity index (χ0v) is 13.5. The summed E-state index contributed by atoms with van der Waals surface area (Å²) in [5.74, 6) is 1.69. The molecule has 2 aliphatic rings. The maximum absolute atomic E-state index is 6.08. The smallest absolute Gasteiger partial charge is 0.127 e. The van der Waals surface area contributed by atoms with Gasteiger partial charge in [-0.3, -0.25) is 4.90 Å². The van der Waals surface area contributed by atoms with Crippen molar-refractivity contribution < 1.29 is 4.74 Å². The molecule has 2 aliphatic heterocycles. The predicted molar refractivity (Wildman–Crippen MR) is 83.0 cm³/mol. The molecular weight excluding hydrogens is 328 g/mol. The van der Waals surface area contributed by atoms with Crippen molar-refractivity contribution in [3.05, 3.63) is 27.7 Å². The molecule has 0 radical (unpaired) electrons. The van der Waals surface area contributed by atoms with Gasteiger partial charge in [-0.2, -0.15) is 0 Å². The van der Waals surface area contributed by atoms with Gasteiger partial charge in [-0.15, -0.1) is 12.4 Å². The molecule has 1 aromatic rings. The Labute approximate surface area is 129 Å². The van der Waals surface area contributed by atoms with E-state index in [9.17, 15) is 0 Å². The van der Waals surface area contributed by atoms with Crippen molar-refractivity contribution >= 4 is 28.3 Å². The summed E-state index contributed by atoms with van der Waals surface area (Å²) in [6.45, 7) is 6.06. The highest BCUT2D eigenvalue weighted by molar-refractivity contribution is 9.10. The van der Waals surface area contributed by atoms with Crippen molar-refractivity contribution in [2.45, 2.75) is 25.9 Å². The van der Waals surface area contributed by atoms with E-state index in [2.05, 4.69) is 39.9 Å². The summed E-state index contributed by atoms with van der Waals surface area (Å²) in [6, 6.07) is 4.66. The fourth-order valence-electron chi connectivity index (χ4n) is 2.93. The first kappa shape index (κ1) is 15.1. The standard InChI is InChI=1S/C14H19BrN2O.ClH/c1-9-6-17(8-13(9)16)7-11-5-12(15)4-10-2-3-18-14(10)11;/h4-5,9,13H,2-3,6-8,16H2,1H3;1H. The number of ether oxygens (including phenoxy) is 1. The molecule has 2 atom stereocenters. The first-order valence-electron chi connectivity index (χ1n) is 6.55. The Hall–Kier alpha value is -0.290. The molecule has 19 heavy (non-hydrogen) atoms. The molecule has 1 fully saturated rings. The van der Waals surface area contributed by atoms with Gasteiger partial charge >= 0.3 is 0 Å². The molecule has 1 aromatic carbocycles. The van der Waals surface area contributed by atoms with Gasteiger partial charge in [0.2, 0.25) is 0 Å². The lowest BCUT2D eigenvalue weighted by atomic mass is 10.1. The summed E-state index contributed by atoms with van der Waals surface area (Å²) < 4.78 is 6.92. The number of hydrogen-bond donors (Lipinski definition) is 1. The van der Waals surface area contributed by atoms with Crippen LogP contribution in [0, 0.1) is 5.92 Å². The summed E-state index contributed by atoms with van der Waals surface area (Å²) in [5, 5.41) is 0. The van der Waals surface area contributed by atoms with Crippen LogP contribution in [0.3, 0.4) is 0 Å². The van der Waals surface area contributed by atoms with Crippen molar-refractivity contribution in [2.75, 3.05) is 19.7 Å². The predicted octanol–water partition coefficient (Wildman–Crippen LogP) is 2.58. The highest BCUT2D eigenvalue weighted by Gasteiger charge is 2.28. The summed E-state index contributed by atoms with van der Waals surface area (Å²) in [4.78, 5) is 2.43. The Balaban J connectivity index is 0.00000133. The lowest BCUT2D eigenvalue weighted by Crippen LogP contribution is -2.28. The zero-order chi connectivity index (χ0) is 12.7. The topological polar surface area (TPSA) is 38.5 Å². The minimum Gasteiger partial charge on any atom is -0.493 e. The summed E-state index contributed by atoms with van der Waals surface area (Å²) in [5.41, 5.74) is 8.70. The maximum Gasteiger partial charge on any atom is 0.127 e. The molecule has 2 heterocycles. The van der Waals surface area contributed by atoms with Gasteiger partial charge < -0.3 is 10.5 Å². The van der Waals surface area contributed by atoms with Crippen LogP contribution in [-0.4, -0.2) is 30.6 Å². The molecule has 0 saturated carbocycles. The van der Waals surface area contributed by atoms with Crippen LogP contribution in [0.15, 0.2) is 16.6 Å². The van der Waals surface area contributed by atoms with E-state index in [1.165, 1.54) is 11.1 Å². The van der Waals surface area contributed by atoms with Crippen molar-refractivity contribution in [2.24, 2.45) is 11.7 Å². The van der Waals surface area contributed by atoms with Crippen molar-refractivity contribution in [1.29, 1.82) is 0 Å². The number of hydrogen-bond acceptors (Lipinski definition) is 3. The van der Waals surface area contributed by atoms with E-state index >= 15 is 0 Å². The average Bonchev–Trinajstić information content (AvgIpc) is 2.86. The van der Waals surface area contributed by atoms with E-state index < -0.39 is 0 Å². The monoisotopic (exact) mass is 346 g/mol. The average molecular weight is 348 g/mol. The maximum atomic E-state index is 6.08. The van der Waals surface area contributed by atoms with Crippen LogP contribution in [0.2, 0.25) is 0 Å². The van der Waals surface area contributed by atoms with Gasteiger partial charge in [-0.1, -0.05) is 22.9 Å². The molecule has 1 saturated heterocycles. The molecule has 3 nitrogen and oxygen atoms in total. The fraction of sp³-hybridized carbons (Fsp3) is 0.571. The molecule has 0 bridgehead atoms. The van der Waals surface area contributed by atoms with Crippen LogP contribution in [0.1, 0.15) is 18.1 Å². The van der Waals surface area contributed by atoms with Crippen LogP contribution in [-0.2, 0) is 13.0 Å². The Morgan fingerprint density at radius 3 is 2.89 bits per heavy atom. The van der Waals surface area contributed by atoms with Crippen molar-refractivity contribution in [3.63, 3.8) is 0 Å². The second-order valence-corrected chi connectivity index (χ2v) is 6.40. The largest absolute Gasteiger partial charge is 0.493 e. The number of nitrogens with zero attached hydrogens (tertiary/aromatic N) is 1. The van der Waals surface area contributed by atoms with Crippen molar-refractivity contribution in [1.82, 2.24) is 4.90 Å². The summed E-state index contributed by atoms with van der Waals surface area (Å²) in [6.07, 6.45) is 1.03. The second-order valence-electron chi connectivity index (χ2n) is 5.49. The third-order valence-corrected chi connectivity index (χ3v) is 4.42. The molecule has 106 valence electrons. The van der Waals surface area contributed by atoms with Gasteiger partial charge in [0.15, 0.2) is 0 Å². The highest BCUT2D eigenvalue weighted by atomic mass is 79.9. The van der Waals surface area contributed by atoms with E-state index in [1.54, 1.807) is 0 Å².